The van der Waals surface area contributed by atoms with E-state index in [0.717, 1.165) is 53.1 Å². The summed E-state index contributed by atoms with van der Waals surface area (Å²) in [6.07, 6.45) is 3.55. The van der Waals surface area contributed by atoms with Crippen molar-refractivity contribution in [3.05, 3.63) is 82.7 Å². The van der Waals surface area contributed by atoms with Gasteiger partial charge in [-0.25, -0.2) is 0 Å². The van der Waals surface area contributed by atoms with Crippen LogP contribution in [0.3, 0.4) is 0 Å². The van der Waals surface area contributed by atoms with Crippen LogP contribution in [-0.2, 0) is 19.3 Å². The van der Waals surface area contributed by atoms with E-state index in [0.29, 0.717) is 17.7 Å². The minimum atomic E-state index is -0.459. The molecule has 0 aliphatic heterocycles. The Morgan fingerprint density at radius 3 is 2.48 bits per heavy atom. The van der Waals surface area contributed by atoms with E-state index in [1.807, 2.05) is 54.6 Å². The van der Waals surface area contributed by atoms with Crippen LogP contribution in [0.5, 0.6) is 5.75 Å². The predicted octanol–water partition coefficient (Wildman–Crippen LogP) is 4.67. The van der Waals surface area contributed by atoms with Crippen LogP contribution in [0.25, 0.3) is 11.1 Å². The molecule has 0 amide bonds. The second-order valence-corrected chi connectivity index (χ2v) is 7.72. The number of nitrogens with one attached hydrogen (secondary N) is 1. The van der Waals surface area contributed by atoms with Crippen molar-refractivity contribution in [2.45, 2.75) is 25.7 Å². The number of carbonyl (C=O) groups excluding carboxylic acids is 1. The van der Waals surface area contributed by atoms with E-state index in [2.05, 4.69) is 0 Å². The fraction of sp³-hybridized carbons (Fsp3) is 0.240. The highest BCUT2D eigenvalue weighted by Crippen LogP contribution is 2.41. The third-order valence-electron chi connectivity index (χ3n) is 6.07. The number of carbonyl (C=O) groups is 1. The third kappa shape index (κ3) is 2.87. The van der Waals surface area contributed by atoms with Gasteiger partial charge in [-0.05, 0) is 48.1 Å². The van der Waals surface area contributed by atoms with E-state index >= 15 is 0 Å². The molecule has 0 fully saturated rings. The zero-order valence-corrected chi connectivity index (χ0v) is 16.4. The zero-order chi connectivity index (χ0) is 20.0. The summed E-state index contributed by atoms with van der Waals surface area (Å²) in [6, 6.07) is 17.3. The number of hydrogen-bond donors (Lipinski definition) is 1. The molecule has 4 heteroatoms. The second-order valence-electron chi connectivity index (χ2n) is 7.72. The molecule has 1 heterocycles. The van der Waals surface area contributed by atoms with Crippen molar-refractivity contribution < 1.29 is 9.53 Å². The average Bonchev–Trinajstić information content (AvgIpc) is 3.37. The lowest BCUT2D eigenvalue weighted by molar-refractivity contribution is 0.0955. The van der Waals surface area contributed by atoms with E-state index in [1.54, 1.807) is 7.11 Å². The van der Waals surface area contributed by atoms with Gasteiger partial charge in [0.15, 0.2) is 5.78 Å². The van der Waals surface area contributed by atoms with Crippen LogP contribution in [0.4, 0.5) is 0 Å². The number of ether oxygens (including phenoxy) is 1. The molecular formula is C25H22N2O2. The summed E-state index contributed by atoms with van der Waals surface area (Å²) in [5.74, 6) is 0.358. The van der Waals surface area contributed by atoms with Crippen LogP contribution in [0.15, 0.2) is 54.6 Å². The normalized spacial score (nSPS) is 17.1. The summed E-state index contributed by atoms with van der Waals surface area (Å²) < 4.78 is 5.31. The highest BCUT2D eigenvalue weighted by molar-refractivity contribution is 6.21. The highest BCUT2D eigenvalue weighted by Gasteiger charge is 2.38. The van der Waals surface area contributed by atoms with Gasteiger partial charge in [0.2, 0.25) is 0 Å². The van der Waals surface area contributed by atoms with Gasteiger partial charge in [-0.1, -0.05) is 42.5 Å². The molecule has 1 atom stereocenters. The Morgan fingerprint density at radius 2 is 1.76 bits per heavy atom. The Hall–Kier alpha value is -3.27. The summed E-state index contributed by atoms with van der Waals surface area (Å²) in [6.45, 7) is 0. The van der Waals surface area contributed by atoms with Gasteiger partial charge in [0.25, 0.3) is 0 Å². The van der Waals surface area contributed by atoms with Gasteiger partial charge in [-0.15, -0.1) is 0 Å². The first-order valence-electron chi connectivity index (χ1n) is 10.0. The van der Waals surface area contributed by atoms with Crippen LogP contribution in [0.1, 0.15) is 39.3 Å². The molecule has 2 aliphatic carbocycles. The molecule has 5 rings (SSSR count). The Kier molecular flexibility index (Phi) is 4.27. The Balaban J connectivity index is 1.62. The SMILES string of the molecule is COc1ccc(-c2c3c(nc4c2C(=N)C(C(=O)c2ccccc2)C4)CCC3)cc1. The largest absolute Gasteiger partial charge is 0.497 e. The van der Waals surface area contributed by atoms with Gasteiger partial charge < -0.3 is 10.1 Å². The zero-order valence-electron chi connectivity index (χ0n) is 16.4. The maximum atomic E-state index is 13.1. The van der Waals surface area contributed by atoms with Crippen LogP contribution >= 0.6 is 0 Å². The maximum absolute atomic E-state index is 13.1. The molecule has 2 aliphatic rings. The lowest BCUT2D eigenvalue weighted by Crippen LogP contribution is -2.21. The summed E-state index contributed by atoms with van der Waals surface area (Å²) >= 11 is 0. The molecule has 3 aromatic rings. The number of benzene rings is 2. The van der Waals surface area contributed by atoms with E-state index in [-0.39, 0.29) is 5.78 Å². The van der Waals surface area contributed by atoms with Crippen molar-refractivity contribution in [3.8, 4) is 16.9 Å². The average molecular weight is 382 g/mol. The number of methoxy groups -OCH3 is 1. The number of Topliss-reactive ketones (excluding diaryl/α,β-unsaturated/α-hetero) is 1. The van der Waals surface area contributed by atoms with Crippen molar-refractivity contribution in [3.63, 3.8) is 0 Å². The van der Waals surface area contributed by atoms with Gasteiger partial charge in [0, 0.05) is 23.2 Å². The monoisotopic (exact) mass is 382 g/mol. The number of fused-ring (bicyclic) bond motifs is 2. The molecule has 2 aromatic carbocycles. The predicted molar refractivity (Wildman–Crippen MR) is 113 cm³/mol. The van der Waals surface area contributed by atoms with Crippen molar-refractivity contribution in [1.29, 1.82) is 5.41 Å². The Labute approximate surface area is 170 Å². The number of aromatic nitrogens is 1. The lowest BCUT2D eigenvalue weighted by atomic mass is 9.90. The summed E-state index contributed by atoms with van der Waals surface area (Å²) in [5, 5.41) is 8.91. The van der Waals surface area contributed by atoms with Crippen molar-refractivity contribution in [2.75, 3.05) is 7.11 Å². The molecule has 0 radical (unpaired) electrons. The van der Waals surface area contributed by atoms with E-state index in [9.17, 15) is 4.79 Å². The number of nitrogens with zero attached hydrogens (tertiary/aromatic N) is 1. The standard InChI is InChI=1S/C25H22N2O2/c1-29-17-12-10-15(11-13-17)22-18-8-5-9-20(18)27-21-14-19(24(26)23(21)22)25(28)16-6-3-2-4-7-16/h2-4,6-7,10-13,19,26H,5,8-9,14H2,1H3. The number of rotatable bonds is 4. The van der Waals surface area contributed by atoms with Crippen LogP contribution in [0, 0.1) is 11.3 Å². The van der Waals surface area contributed by atoms with Crippen molar-refractivity contribution in [1.82, 2.24) is 4.98 Å². The van der Waals surface area contributed by atoms with Gasteiger partial charge in [-0.3, -0.25) is 9.78 Å². The minimum Gasteiger partial charge on any atom is -0.497 e. The van der Waals surface area contributed by atoms with E-state index < -0.39 is 5.92 Å². The molecule has 0 saturated carbocycles. The summed E-state index contributed by atoms with van der Waals surface area (Å²) in [4.78, 5) is 18.0. The first-order valence-corrected chi connectivity index (χ1v) is 10.0. The number of ketones is 1. The van der Waals surface area contributed by atoms with Gasteiger partial charge in [0.1, 0.15) is 5.75 Å². The first-order chi connectivity index (χ1) is 14.2. The van der Waals surface area contributed by atoms with Crippen LogP contribution < -0.4 is 4.74 Å². The molecule has 29 heavy (non-hydrogen) atoms. The fourth-order valence-electron chi connectivity index (χ4n) is 4.65. The second kappa shape index (κ2) is 6.96. The maximum Gasteiger partial charge on any atom is 0.172 e. The molecule has 4 nitrogen and oxygen atoms in total. The lowest BCUT2D eigenvalue weighted by Gasteiger charge is -2.15. The molecule has 0 saturated heterocycles. The van der Waals surface area contributed by atoms with Gasteiger partial charge >= 0.3 is 0 Å². The smallest absolute Gasteiger partial charge is 0.172 e. The van der Waals surface area contributed by atoms with Gasteiger partial charge in [0.05, 0.1) is 24.4 Å². The summed E-state index contributed by atoms with van der Waals surface area (Å²) in [5.41, 5.74) is 7.37. The first kappa shape index (κ1) is 17.8. The molecule has 1 unspecified atom stereocenters. The van der Waals surface area contributed by atoms with Crippen molar-refractivity contribution >= 4 is 11.5 Å². The number of hydrogen-bond acceptors (Lipinski definition) is 4. The number of aryl methyl sites for hydroxylation is 1. The van der Waals surface area contributed by atoms with Crippen molar-refractivity contribution in [2.24, 2.45) is 5.92 Å². The summed E-state index contributed by atoms with van der Waals surface area (Å²) in [7, 11) is 1.66. The van der Waals surface area contributed by atoms with Crippen LogP contribution in [0.2, 0.25) is 0 Å². The van der Waals surface area contributed by atoms with Gasteiger partial charge in [-0.2, -0.15) is 0 Å². The number of pyridine rings is 1. The molecule has 1 N–H and O–H groups in total. The van der Waals surface area contributed by atoms with E-state index in [1.165, 1.54) is 5.56 Å². The third-order valence-corrected chi connectivity index (χ3v) is 6.07. The molecule has 144 valence electrons. The minimum absolute atomic E-state index is 0.00874. The Morgan fingerprint density at radius 1 is 1.00 bits per heavy atom. The fourth-order valence-corrected chi connectivity index (χ4v) is 4.65. The quantitative estimate of drug-likeness (QED) is 0.667. The highest BCUT2D eigenvalue weighted by atomic mass is 16.5. The van der Waals surface area contributed by atoms with Crippen LogP contribution in [-0.4, -0.2) is 23.6 Å². The topological polar surface area (TPSA) is 63.0 Å². The Bertz CT molecular complexity index is 1120. The molecule has 0 spiro atoms. The molecule has 0 bridgehead atoms. The molecular weight excluding hydrogens is 360 g/mol. The molecule has 1 aromatic heterocycles. The van der Waals surface area contributed by atoms with E-state index in [4.69, 9.17) is 15.1 Å².